The minimum Gasteiger partial charge on any atom is -0.454 e. The summed E-state index contributed by atoms with van der Waals surface area (Å²) in [5.41, 5.74) is 0.106. The highest BCUT2D eigenvalue weighted by Gasteiger charge is 2.26. The van der Waals surface area contributed by atoms with Gasteiger partial charge in [-0.2, -0.15) is 0 Å². The smallest absolute Gasteiger partial charge is 0.380 e. The van der Waals surface area contributed by atoms with Crippen LogP contribution in [0.2, 0.25) is 0 Å². The van der Waals surface area contributed by atoms with Crippen LogP contribution in [0.5, 0.6) is 0 Å². The van der Waals surface area contributed by atoms with Crippen molar-refractivity contribution in [2.75, 3.05) is 0 Å². The van der Waals surface area contributed by atoms with E-state index in [1.807, 2.05) is 6.92 Å². The molecule has 21 heavy (non-hydrogen) atoms. The first-order chi connectivity index (χ1) is 9.75. The molecule has 0 saturated heterocycles. The number of carbonyl (C=O) groups excluding carboxylic acids is 2. The van der Waals surface area contributed by atoms with E-state index in [4.69, 9.17) is 15.2 Å². The highest BCUT2D eigenvalue weighted by molar-refractivity contribution is 6.40. The Labute approximate surface area is 122 Å². The molecule has 7 nitrogen and oxygen atoms in total. The molecule has 2 N–H and O–H groups in total. The van der Waals surface area contributed by atoms with E-state index in [1.165, 1.54) is 24.3 Å². The molecule has 0 saturated carbocycles. The van der Waals surface area contributed by atoms with Gasteiger partial charge in [0.1, 0.15) is 5.60 Å². The van der Waals surface area contributed by atoms with Crippen LogP contribution in [0.25, 0.3) is 0 Å². The van der Waals surface area contributed by atoms with Crippen LogP contribution in [0.15, 0.2) is 24.3 Å². The fourth-order valence-corrected chi connectivity index (χ4v) is 1.37. The van der Waals surface area contributed by atoms with E-state index in [-0.39, 0.29) is 12.2 Å². The summed E-state index contributed by atoms with van der Waals surface area (Å²) < 4.78 is 5.13. The van der Waals surface area contributed by atoms with E-state index in [0.29, 0.717) is 12.0 Å². The summed E-state index contributed by atoms with van der Waals surface area (Å²) in [5.74, 6) is -1.63. The lowest BCUT2D eigenvalue weighted by Gasteiger charge is -2.22. The Kier molecular flexibility index (Phi) is 5.98. The van der Waals surface area contributed by atoms with Gasteiger partial charge in [0.25, 0.3) is 5.78 Å². The van der Waals surface area contributed by atoms with E-state index in [2.05, 4.69) is 4.84 Å². The van der Waals surface area contributed by atoms with Gasteiger partial charge in [-0.15, -0.1) is 0 Å². The number of hydrogen-bond acceptors (Lipinski definition) is 7. The summed E-state index contributed by atoms with van der Waals surface area (Å²) in [6.07, 6.45) is 0.598. The second-order valence-electron chi connectivity index (χ2n) is 5.05. The zero-order valence-corrected chi connectivity index (χ0v) is 12.2. The fourth-order valence-electron chi connectivity index (χ4n) is 1.37. The first kappa shape index (κ1) is 17.3. The molecular weight excluding hydrogens is 278 g/mol. The highest BCUT2D eigenvalue weighted by Crippen LogP contribution is 2.15. The Morgan fingerprint density at radius 1 is 1.19 bits per heavy atom. The van der Waals surface area contributed by atoms with Crippen LogP contribution in [0.4, 0.5) is 0 Å². The molecule has 0 unspecified atom stereocenters. The monoisotopic (exact) mass is 297 g/mol. The molecule has 0 aliphatic carbocycles. The Morgan fingerprint density at radius 2 is 1.76 bits per heavy atom. The molecule has 0 fully saturated rings. The average Bonchev–Trinajstić information content (AvgIpc) is 2.44. The zero-order valence-electron chi connectivity index (χ0n) is 12.2. The molecule has 7 heteroatoms. The third-order valence-corrected chi connectivity index (χ3v) is 2.97. The third-order valence-electron chi connectivity index (χ3n) is 2.97. The zero-order chi connectivity index (χ0) is 16.0. The molecule has 0 amide bonds. The molecule has 0 spiro atoms. The van der Waals surface area contributed by atoms with Crippen LogP contribution in [0.1, 0.15) is 43.1 Å². The first-order valence-corrected chi connectivity index (χ1v) is 6.42. The lowest BCUT2D eigenvalue weighted by molar-refractivity contribution is -0.497. The average molecular weight is 297 g/mol. The van der Waals surface area contributed by atoms with Crippen molar-refractivity contribution in [1.29, 1.82) is 0 Å². The SMILES string of the molecule is CCC(C)(C)OC(=O)C(=O)c1ccc(CON(O)O)cc1. The molecule has 0 bridgehead atoms. The normalized spacial score (nSPS) is 11.5. The van der Waals surface area contributed by atoms with Crippen LogP contribution < -0.4 is 0 Å². The first-order valence-electron chi connectivity index (χ1n) is 6.42. The van der Waals surface area contributed by atoms with Crippen LogP contribution in [0.3, 0.4) is 0 Å². The minimum atomic E-state index is -0.900. The maximum atomic E-state index is 11.9. The number of ketones is 1. The Morgan fingerprint density at radius 3 is 2.24 bits per heavy atom. The van der Waals surface area contributed by atoms with Crippen molar-refractivity contribution in [3.63, 3.8) is 0 Å². The summed E-state index contributed by atoms with van der Waals surface area (Å²) in [6.45, 7) is 5.23. The van der Waals surface area contributed by atoms with Gasteiger partial charge in [0.05, 0.1) is 12.0 Å². The number of Topliss-reactive ketones (excluding diaryl/α,β-unsaturated/α-hetero) is 1. The van der Waals surface area contributed by atoms with Crippen molar-refractivity contribution in [2.24, 2.45) is 0 Å². The summed E-state index contributed by atoms with van der Waals surface area (Å²) in [4.78, 5) is 28.1. The Bertz CT molecular complexity index is 495. The second kappa shape index (κ2) is 7.28. The second-order valence-corrected chi connectivity index (χ2v) is 5.05. The lowest BCUT2D eigenvalue weighted by atomic mass is 10.1. The van der Waals surface area contributed by atoms with Gasteiger partial charge in [-0.3, -0.25) is 15.2 Å². The molecule has 0 aromatic heterocycles. The van der Waals surface area contributed by atoms with Gasteiger partial charge >= 0.3 is 5.97 Å². The molecule has 0 radical (unpaired) electrons. The summed E-state index contributed by atoms with van der Waals surface area (Å²) in [7, 11) is 0. The van der Waals surface area contributed by atoms with Crippen LogP contribution in [-0.4, -0.2) is 33.2 Å². The Hall–Kier alpha value is -1.80. The van der Waals surface area contributed by atoms with Gasteiger partial charge in [0.15, 0.2) is 0 Å². The molecule has 0 aliphatic heterocycles. The summed E-state index contributed by atoms with van der Waals surface area (Å²) in [5, 5.41) is 16.4. The summed E-state index contributed by atoms with van der Waals surface area (Å²) >= 11 is 0. The van der Waals surface area contributed by atoms with Crippen molar-refractivity contribution in [3.05, 3.63) is 35.4 Å². The van der Waals surface area contributed by atoms with Gasteiger partial charge < -0.3 is 4.74 Å². The third kappa shape index (κ3) is 5.60. The summed E-state index contributed by atoms with van der Waals surface area (Å²) in [6, 6.07) is 5.96. The lowest BCUT2D eigenvalue weighted by Crippen LogP contribution is -2.31. The van der Waals surface area contributed by atoms with Crippen molar-refractivity contribution in [2.45, 2.75) is 39.4 Å². The van der Waals surface area contributed by atoms with E-state index < -0.39 is 22.7 Å². The predicted octanol–water partition coefficient (Wildman–Crippen LogP) is 2.11. The topological polar surface area (TPSA) is 96.3 Å². The van der Waals surface area contributed by atoms with E-state index in [9.17, 15) is 9.59 Å². The quantitative estimate of drug-likeness (QED) is 0.344. The number of nitrogens with zero attached hydrogens (tertiary/aromatic N) is 1. The largest absolute Gasteiger partial charge is 0.454 e. The van der Waals surface area contributed by atoms with Crippen molar-refractivity contribution >= 4 is 11.8 Å². The van der Waals surface area contributed by atoms with Gasteiger partial charge in [-0.05, 0) is 25.8 Å². The number of ether oxygens (including phenoxy) is 1. The van der Waals surface area contributed by atoms with Gasteiger partial charge in [-0.1, -0.05) is 31.2 Å². The molecule has 116 valence electrons. The predicted molar refractivity (Wildman–Crippen MR) is 71.4 cm³/mol. The molecule has 1 aromatic rings. The Balaban J connectivity index is 2.68. The maximum Gasteiger partial charge on any atom is 0.380 e. The highest BCUT2D eigenvalue weighted by atomic mass is 17.1. The van der Waals surface area contributed by atoms with Crippen LogP contribution in [0, 0.1) is 0 Å². The molecular formula is C14H19NO6. The molecule has 0 aliphatic rings. The number of esters is 1. The number of hydrogen-bond donors (Lipinski definition) is 2. The fraction of sp³-hybridized carbons (Fsp3) is 0.429. The van der Waals surface area contributed by atoms with Gasteiger partial charge in [0, 0.05) is 5.56 Å². The number of carbonyl (C=O) groups is 2. The van der Waals surface area contributed by atoms with E-state index in [0.717, 1.165) is 0 Å². The number of rotatable bonds is 7. The molecule has 1 aromatic carbocycles. The number of benzene rings is 1. The van der Waals surface area contributed by atoms with Crippen molar-refractivity contribution in [3.8, 4) is 0 Å². The van der Waals surface area contributed by atoms with E-state index >= 15 is 0 Å². The standard InChI is InChI=1S/C14H19NO6/c1-4-14(2,3)21-13(17)12(16)11-7-5-10(6-8-11)9-20-15(18)19/h5-8,18-19H,4,9H2,1-3H3. The maximum absolute atomic E-state index is 11.9. The van der Waals surface area contributed by atoms with Gasteiger partial charge in [-0.25, -0.2) is 9.63 Å². The minimum absolute atomic E-state index is 0.0885. The molecule has 1 rings (SSSR count). The van der Waals surface area contributed by atoms with Crippen molar-refractivity contribution in [1.82, 2.24) is 5.39 Å². The van der Waals surface area contributed by atoms with Crippen molar-refractivity contribution < 1.29 is 29.6 Å². The molecule has 0 atom stereocenters. The van der Waals surface area contributed by atoms with Crippen LogP contribution >= 0.6 is 0 Å². The molecule has 0 heterocycles. The van der Waals surface area contributed by atoms with E-state index in [1.54, 1.807) is 13.8 Å². The van der Waals surface area contributed by atoms with Gasteiger partial charge in [0.2, 0.25) is 0 Å². The van der Waals surface area contributed by atoms with Crippen LogP contribution in [-0.2, 0) is 21.0 Å².